The van der Waals surface area contributed by atoms with Crippen LogP contribution in [0.2, 0.25) is 0 Å². The van der Waals surface area contributed by atoms with Crippen molar-refractivity contribution in [2.24, 2.45) is 0 Å². The molecule has 1 fully saturated rings. The highest BCUT2D eigenvalue weighted by Crippen LogP contribution is 2.42. The number of halogens is 1. The van der Waals surface area contributed by atoms with E-state index < -0.39 is 16.6 Å². The number of hydrogen-bond donors (Lipinski definition) is 3. The normalized spacial score (nSPS) is 15.6. The minimum atomic E-state index is -0.830. The van der Waals surface area contributed by atoms with E-state index in [0.29, 0.717) is 48.5 Å². The number of imidazole rings is 1. The number of rotatable bonds is 7. The Labute approximate surface area is 213 Å². The van der Waals surface area contributed by atoms with E-state index >= 15 is 0 Å². The van der Waals surface area contributed by atoms with Gasteiger partial charge in [0, 0.05) is 24.4 Å². The van der Waals surface area contributed by atoms with Gasteiger partial charge in [0.15, 0.2) is 5.76 Å². The number of likely N-dealkylation sites (tertiary alicyclic amines) is 1. The molecule has 0 bridgehead atoms. The summed E-state index contributed by atoms with van der Waals surface area (Å²) in [5.74, 6) is 0.00306. The summed E-state index contributed by atoms with van der Waals surface area (Å²) in [5, 5.41) is 13.5. The number of aromatic hydroxyl groups is 1. The molecule has 1 aliphatic rings. The van der Waals surface area contributed by atoms with Gasteiger partial charge >= 0.3 is 0 Å². The summed E-state index contributed by atoms with van der Waals surface area (Å²) >= 11 is 0. The van der Waals surface area contributed by atoms with Gasteiger partial charge in [-0.1, -0.05) is 30.3 Å². The quantitative estimate of drug-likeness (QED) is 0.352. The lowest BCUT2D eigenvalue weighted by Gasteiger charge is -2.41. The van der Waals surface area contributed by atoms with E-state index in [1.54, 1.807) is 13.0 Å². The zero-order valence-electron chi connectivity index (χ0n) is 20.6. The first-order chi connectivity index (χ1) is 17.8. The van der Waals surface area contributed by atoms with E-state index in [-0.39, 0.29) is 30.5 Å². The number of nitrogens with zero attached hydrogens (tertiary/aromatic N) is 2. The van der Waals surface area contributed by atoms with Crippen LogP contribution in [0.15, 0.2) is 63.8 Å². The summed E-state index contributed by atoms with van der Waals surface area (Å²) in [7, 11) is 0. The van der Waals surface area contributed by atoms with Crippen LogP contribution in [0.25, 0.3) is 11.0 Å². The third-order valence-electron chi connectivity index (χ3n) is 7.03. The maximum absolute atomic E-state index is 13.5. The summed E-state index contributed by atoms with van der Waals surface area (Å²) in [6.07, 6.45) is 1.12. The van der Waals surface area contributed by atoms with Gasteiger partial charge in [-0.3, -0.25) is 14.5 Å². The Balaban J connectivity index is 1.33. The summed E-state index contributed by atoms with van der Waals surface area (Å²) in [6.45, 7) is 3.92. The lowest BCUT2D eigenvalue weighted by molar-refractivity contribution is -0.123. The third-order valence-corrected chi connectivity index (χ3v) is 7.03. The van der Waals surface area contributed by atoms with Crippen LogP contribution >= 0.6 is 0 Å². The maximum atomic E-state index is 13.5. The molecule has 8 nitrogen and oxygen atoms in total. The van der Waals surface area contributed by atoms with Gasteiger partial charge in [-0.15, -0.1) is 0 Å². The molecule has 0 unspecified atom stereocenters. The Kier molecular flexibility index (Phi) is 6.80. The minimum absolute atomic E-state index is 0.0426. The Morgan fingerprint density at radius 1 is 1.19 bits per heavy atom. The highest BCUT2D eigenvalue weighted by Gasteiger charge is 2.43. The predicted octanol–water partition coefficient (Wildman–Crippen LogP) is 3.91. The molecule has 1 aliphatic heterocycles. The zero-order valence-corrected chi connectivity index (χ0v) is 20.6. The number of hydrogen-bond acceptors (Lipinski definition) is 6. The molecule has 0 aliphatic carbocycles. The largest absolute Gasteiger partial charge is 0.502 e. The number of carbonyl (C=O) groups is 1. The second kappa shape index (κ2) is 10.2. The fourth-order valence-electron chi connectivity index (χ4n) is 5.10. The van der Waals surface area contributed by atoms with Crippen molar-refractivity contribution in [3.8, 4) is 5.75 Å². The van der Waals surface area contributed by atoms with Crippen molar-refractivity contribution < 1.29 is 18.7 Å². The number of aryl methyl sites for hydroxylation is 1. The van der Waals surface area contributed by atoms with Gasteiger partial charge in [0.05, 0.1) is 17.6 Å². The Morgan fingerprint density at radius 3 is 2.70 bits per heavy atom. The van der Waals surface area contributed by atoms with Gasteiger partial charge in [-0.25, -0.2) is 9.37 Å². The Morgan fingerprint density at radius 2 is 1.95 bits per heavy atom. The number of piperidine rings is 1. The number of benzene rings is 2. The molecule has 1 saturated heterocycles. The van der Waals surface area contributed by atoms with Crippen LogP contribution in [0.1, 0.15) is 42.2 Å². The molecule has 2 aromatic heterocycles. The lowest BCUT2D eigenvalue weighted by Crippen LogP contribution is -2.45. The first-order valence-corrected chi connectivity index (χ1v) is 12.3. The molecule has 4 aromatic rings. The highest BCUT2D eigenvalue weighted by atomic mass is 19.1. The fraction of sp³-hybridized carbons (Fsp3) is 0.321. The first kappa shape index (κ1) is 24.7. The second-order valence-corrected chi connectivity index (χ2v) is 9.74. The topological polar surface area (TPSA) is 111 Å². The third kappa shape index (κ3) is 5.41. The zero-order chi connectivity index (χ0) is 26.0. The van der Waals surface area contributed by atoms with Crippen molar-refractivity contribution in [3.05, 3.63) is 93.5 Å². The summed E-state index contributed by atoms with van der Waals surface area (Å²) in [6, 6.07) is 15.7. The Hall–Kier alpha value is -3.98. The van der Waals surface area contributed by atoms with Crippen molar-refractivity contribution in [3.63, 3.8) is 0 Å². The van der Waals surface area contributed by atoms with Crippen LogP contribution in [0.5, 0.6) is 5.75 Å². The summed E-state index contributed by atoms with van der Waals surface area (Å²) in [5.41, 5.74) is 1.02. The van der Waals surface area contributed by atoms with Crippen LogP contribution in [0, 0.1) is 12.7 Å². The van der Waals surface area contributed by atoms with Crippen molar-refractivity contribution >= 4 is 16.9 Å². The molecule has 192 valence electrons. The van der Waals surface area contributed by atoms with Crippen LogP contribution in [0.4, 0.5) is 4.39 Å². The summed E-state index contributed by atoms with van der Waals surface area (Å²) in [4.78, 5) is 35.3. The van der Waals surface area contributed by atoms with E-state index in [1.807, 2.05) is 18.2 Å². The van der Waals surface area contributed by atoms with Gasteiger partial charge in [0.1, 0.15) is 17.4 Å². The van der Waals surface area contributed by atoms with E-state index in [9.17, 15) is 19.1 Å². The van der Waals surface area contributed by atoms with Crippen LogP contribution < -0.4 is 10.7 Å². The molecule has 37 heavy (non-hydrogen) atoms. The molecular weight excluding hydrogens is 475 g/mol. The van der Waals surface area contributed by atoms with Crippen molar-refractivity contribution in [1.29, 1.82) is 0 Å². The lowest BCUT2D eigenvalue weighted by atomic mass is 9.72. The number of aromatic amines is 1. The molecule has 5 rings (SSSR count). The molecule has 0 radical (unpaired) electrons. The monoisotopic (exact) mass is 504 g/mol. The van der Waals surface area contributed by atoms with Crippen LogP contribution in [-0.4, -0.2) is 39.0 Å². The first-order valence-electron chi connectivity index (χ1n) is 12.3. The SMILES string of the molecule is Cc1cc(=O)c(O)c(C2(CC(=O)NCc3nc4ccc(F)cc4[nH]3)CCN(Cc3ccccc3)CC2)o1. The van der Waals surface area contributed by atoms with Gasteiger partial charge in [0.2, 0.25) is 17.1 Å². The van der Waals surface area contributed by atoms with Gasteiger partial charge in [-0.05, 0) is 56.6 Å². The average Bonchev–Trinajstić information content (AvgIpc) is 3.29. The average molecular weight is 505 g/mol. The molecule has 0 atom stereocenters. The van der Waals surface area contributed by atoms with E-state index in [2.05, 4.69) is 32.3 Å². The molecular formula is C28H29FN4O4. The number of H-pyrrole nitrogens is 1. The minimum Gasteiger partial charge on any atom is -0.502 e. The molecule has 0 saturated carbocycles. The molecule has 1 amide bonds. The van der Waals surface area contributed by atoms with Crippen molar-refractivity contribution in [1.82, 2.24) is 20.2 Å². The van der Waals surface area contributed by atoms with Gasteiger partial charge in [-0.2, -0.15) is 0 Å². The Bertz CT molecular complexity index is 1470. The van der Waals surface area contributed by atoms with Crippen molar-refractivity contribution in [2.45, 2.75) is 44.7 Å². The van der Waals surface area contributed by atoms with Crippen LogP contribution in [0.3, 0.4) is 0 Å². The van der Waals surface area contributed by atoms with Gasteiger partial charge in [0.25, 0.3) is 0 Å². The van der Waals surface area contributed by atoms with Gasteiger partial charge < -0.3 is 19.8 Å². The van der Waals surface area contributed by atoms with E-state index in [4.69, 9.17) is 4.42 Å². The molecule has 3 heterocycles. The number of carbonyl (C=O) groups excluding carboxylic acids is 1. The van der Waals surface area contributed by atoms with E-state index in [0.717, 1.165) is 6.54 Å². The number of nitrogens with one attached hydrogen (secondary N) is 2. The highest BCUT2D eigenvalue weighted by molar-refractivity contribution is 5.78. The van der Waals surface area contributed by atoms with Crippen molar-refractivity contribution in [2.75, 3.05) is 13.1 Å². The fourth-order valence-corrected chi connectivity index (χ4v) is 5.10. The summed E-state index contributed by atoms with van der Waals surface area (Å²) < 4.78 is 19.4. The second-order valence-electron chi connectivity index (χ2n) is 9.74. The molecule has 3 N–H and O–H groups in total. The molecule has 0 spiro atoms. The van der Waals surface area contributed by atoms with E-state index in [1.165, 1.54) is 23.8 Å². The molecule has 2 aromatic carbocycles. The molecule has 9 heteroatoms. The standard InChI is InChI=1S/C28H29FN4O4/c1-18-13-23(34)26(36)27(37-18)28(9-11-33(12-10-28)17-19-5-3-2-4-6-19)15-25(35)30-16-24-31-21-8-7-20(29)14-22(21)32-24/h2-8,13-14,36H,9-12,15-17H2,1H3,(H,30,35)(H,31,32). The smallest absolute Gasteiger partial charge is 0.227 e. The van der Waals surface area contributed by atoms with Crippen LogP contribution in [-0.2, 0) is 23.3 Å². The number of aromatic nitrogens is 2. The maximum Gasteiger partial charge on any atom is 0.227 e. The predicted molar refractivity (Wildman–Crippen MR) is 137 cm³/mol. The number of fused-ring (bicyclic) bond motifs is 1. The number of amides is 1.